The zero-order chi connectivity index (χ0) is 8.27. The Morgan fingerprint density at radius 1 is 1.55 bits per heavy atom. The van der Waals surface area contributed by atoms with Gasteiger partial charge in [0.15, 0.2) is 0 Å². The molecule has 0 aromatic carbocycles. The van der Waals surface area contributed by atoms with Crippen LogP contribution in [0.15, 0.2) is 11.3 Å². The van der Waals surface area contributed by atoms with E-state index >= 15 is 0 Å². The standard InChI is InChI=1S/C7H14NO2P/c9-4-6-1-2-8(5-11)3-7(6)10/h9-10H,1-5,11H2. The quantitative estimate of drug-likeness (QED) is 0.594. The Balaban J connectivity index is 2.56. The van der Waals surface area contributed by atoms with Gasteiger partial charge in [0.2, 0.25) is 0 Å². The lowest BCUT2D eigenvalue weighted by molar-refractivity contribution is 0.233. The van der Waals surface area contributed by atoms with E-state index in [-0.39, 0.29) is 6.61 Å². The van der Waals surface area contributed by atoms with Crippen LogP contribution in [-0.4, -0.2) is 41.1 Å². The molecule has 0 aromatic rings. The van der Waals surface area contributed by atoms with Gasteiger partial charge in [-0.15, -0.1) is 9.24 Å². The topological polar surface area (TPSA) is 43.7 Å². The Bertz CT molecular complexity index is 170. The van der Waals surface area contributed by atoms with Gasteiger partial charge in [-0.25, -0.2) is 0 Å². The molecule has 1 aliphatic heterocycles. The third kappa shape index (κ3) is 2.16. The van der Waals surface area contributed by atoms with E-state index in [0.29, 0.717) is 12.3 Å². The summed E-state index contributed by atoms with van der Waals surface area (Å²) in [5.74, 6) is 0.348. The van der Waals surface area contributed by atoms with E-state index in [4.69, 9.17) is 5.11 Å². The maximum absolute atomic E-state index is 9.34. The molecule has 1 heterocycles. The lowest BCUT2D eigenvalue weighted by Crippen LogP contribution is -2.31. The second kappa shape index (κ2) is 4.05. The summed E-state index contributed by atoms with van der Waals surface area (Å²) in [5.41, 5.74) is 0.791. The van der Waals surface area contributed by atoms with E-state index < -0.39 is 0 Å². The van der Waals surface area contributed by atoms with Gasteiger partial charge >= 0.3 is 0 Å². The Hall–Kier alpha value is -0.110. The molecule has 1 unspecified atom stereocenters. The van der Waals surface area contributed by atoms with Crippen LogP contribution in [0.4, 0.5) is 0 Å². The third-order valence-corrected chi connectivity index (χ3v) is 2.48. The predicted octanol–water partition coefficient (Wildman–Crippen LogP) is 0.329. The van der Waals surface area contributed by atoms with Crippen LogP contribution in [0.5, 0.6) is 0 Å². The van der Waals surface area contributed by atoms with Gasteiger partial charge in [0.1, 0.15) is 5.76 Å². The van der Waals surface area contributed by atoms with Crippen LogP contribution in [0.1, 0.15) is 6.42 Å². The zero-order valence-electron chi connectivity index (χ0n) is 6.45. The first kappa shape index (κ1) is 8.98. The van der Waals surface area contributed by atoms with Crippen LogP contribution in [0.3, 0.4) is 0 Å². The second-order valence-electron chi connectivity index (χ2n) is 2.69. The monoisotopic (exact) mass is 175 g/mol. The van der Waals surface area contributed by atoms with E-state index in [1.165, 1.54) is 0 Å². The molecule has 0 bridgehead atoms. The molecule has 1 aliphatic rings. The minimum Gasteiger partial charge on any atom is -0.511 e. The number of hydrogen-bond donors (Lipinski definition) is 2. The molecular weight excluding hydrogens is 161 g/mol. The molecule has 2 N–H and O–H groups in total. The molecule has 0 amide bonds. The highest BCUT2D eigenvalue weighted by Gasteiger charge is 2.15. The third-order valence-electron chi connectivity index (χ3n) is 1.96. The van der Waals surface area contributed by atoms with Crippen LogP contribution in [-0.2, 0) is 0 Å². The Morgan fingerprint density at radius 2 is 2.27 bits per heavy atom. The fourth-order valence-corrected chi connectivity index (χ4v) is 1.48. The number of aliphatic hydroxyl groups excluding tert-OH is 2. The number of hydrogen-bond acceptors (Lipinski definition) is 3. The van der Waals surface area contributed by atoms with E-state index in [1.54, 1.807) is 0 Å². The number of aliphatic hydroxyl groups is 2. The van der Waals surface area contributed by atoms with Crippen LogP contribution < -0.4 is 0 Å². The molecular formula is C7H14NO2P. The normalized spacial score (nSPS) is 20.9. The maximum atomic E-state index is 9.34. The lowest BCUT2D eigenvalue weighted by atomic mass is 10.1. The summed E-state index contributed by atoms with van der Waals surface area (Å²) in [6.07, 6.45) is 1.67. The zero-order valence-corrected chi connectivity index (χ0v) is 7.61. The van der Waals surface area contributed by atoms with Crippen LogP contribution in [0, 0.1) is 0 Å². The summed E-state index contributed by atoms with van der Waals surface area (Å²) in [7, 11) is 2.62. The van der Waals surface area contributed by atoms with Crippen molar-refractivity contribution in [1.82, 2.24) is 4.90 Å². The molecule has 11 heavy (non-hydrogen) atoms. The smallest absolute Gasteiger partial charge is 0.108 e. The van der Waals surface area contributed by atoms with E-state index in [0.717, 1.165) is 24.8 Å². The molecule has 1 atom stereocenters. The number of rotatable bonds is 2. The molecule has 0 aromatic heterocycles. The van der Waals surface area contributed by atoms with Gasteiger partial charge in [-0.1, -0.05) is 0 Å². The summed E-state index contributed by atoms with van der Waals surface area (Å²) in [6.45, 7) is 1.51. The van der Waals surface area contributed by atoms with Gasteiger partial charge in [-0.05, 0) is 12.0 Å². The summed E-state index contributed by atoms with van der Waals surface area (Å²) in [5, 5.41) is 18.1. The molecule has 0 saturated carbocycles. The maximum Gasteiger partial charge on any atom is 0.108 e. The summed E-state index contributed by atoms with van der Waals surface area (Å²) < 4.78 is 0. The minimum absolute atomic E-state index is 0.00344. The van der Waals surface area contributed by atoms with Gasteiger partial charge < -0.3 is 10.2 Å². The molecule has 4 heteroatoms. The molecule has 1 rings (SSSR count). The van der Waals surface area contributed by atoms with Gasteiger partial charge in [-0.3, -0.25) is 4.90 Å². The van der Waals surface area contributed by atoms with Crippen molar-refractivity contribution < 1.29 is 10.2 Å². The Labute approximate surface area is 68.9 Å². The molecule has 0 saturated heterocycles. The Kier molecular flexibility index (Phi) is 3.31. The van der Waals surface area contributed by atoms with E-state index in [2.05, 4.69) is 14.1 Å². The average molecular weight is 175 g/mol. The largest absolute Gasteiger partial charge is 0.511 e. The number of nitrogens with zero attached hydrogens (tertiary/aromatic N) is 1. The fourth-order valence-electron chi connectivity index (χ4n) is 1.17. The Morgan fingerprint density at radius 3 is 2.73 bits per heavy atom. The van der Waals surface area contributed by atoms with Crippen LogP contribution >= 0.6 is 9.24 Å². The van der Waals surface area contributed by atoms with Crippen LogP contribution in [0.2, 0.25) is 0 Å². The molecule has 0 aliphatic carbocycles. The van der Waals surface area contributed by atoms with Crippen molar-refractivity contribution in [2.45, 2.75) is 6.42 Å². The lowest BCUT2D eigenvalue weighted by Gasteiger charge is -2.26. The summed E-state index contributed by atoms with van der Waals surface area (Å²) in [4.78, 5) is 2.11. The van der Waals surface area contributed by atoms with Crippen molar-refractivity contribution in [2.75, 3.05) is 26.0 Å². The van der Waals surface area contributed by atoms with Crippen molar-refractivity contribution in [3.8, 4) is 0 Å². The van der Waals surface area contributed by atoms with Gasteiger partial charge in [0.05, 0.1) is 13.2 Å². The second-order valence-corrected chi connectivity index (χ2v) is 3.06. The highest BCUT2D eigenvalue weighted by atomic mass is 31.0. The van der Waals surface area contributed by atoms with Crippen molar-refractivity contribution in [3.63, 3.8) is 0 Å². The molecule has 64 valence electrons. The minimum atomic E-state index is -0.00344. The highest BCUT2D eigenvalue weighted by Crippen LogP contribution is 2.15. The average Bonchev–Trinajstić information content (AvgIpc) is 2.04. The summed E-state index contributed by atoms with van der Waals surface area (Å²) >= 11 is 0. The van der Waals surface area contributed by atoms with Crippen molar-refractivity contribution in [2.24, 2.45) is 0 Å². The van der Waals surface area contributed by atoms with Gasteiger partial charge in [0, 0.05) is 12.8 Å². The SMILES string of the molecule is OCC1=C(O)CN(CP)CC1. The summed E-state index contributed by atoms with van der Waals surface area (Å²) in [6, 6.07) is 0. The van der Waals surface area contributed by atoms with Crippen molar-refractivity contribution in [3.05, 3.63) is 11.3 Å². The fraction of sp³-hybridized carbons (Fsp3) is 0.714. The van der Waals surface area contributed by atoms with E-state index in [9.17, 15) is 5.11 Å². The van der Waals surface area contributed by atoms with Gasteiger partial charge in [0.25, 0.3) is 0 Å². The van der Waals surface area contributed by atoms with Gasteiger partial charge in [-0.2, -0.15) is 0 Å². The molecule has 0 radical (unpaired) electrons. The molecule has 0 spiro atoms. The molecule has 0 fully saturated rings. The van der Waals surface area contributed by atoms with E-state index in [1.807, 2.05) is 0 Å². The molecule has 3 nitrogen and oxygen atoms in total. The highest BCUT2D eigenvalue weighted by molar-refractivity contribution is 7.16. The first-order valence-electron chi connectivity index (χ1n) is 3.71. The predicted molar refractivity (Wildman–Crippen MR) is 47.5 cm³/mol. The first-order valence-corrected chi connectivity index (χ1v) is 4.52. The van der Waals surface area contributed by atoms with Crippen LogP contribution in [0.25, 0.3) is 0 Å². The van der Waals surface area contributed by atoms with Crippen molar-refractivity contribution in [1.29, 1.82) is 0 Å². The van der Waals surface area contributed by atoms with Crippen molar-refractivity contribution >= 4 is 9.24 Å². The first-order chi connectivity index (χ1) is 5.27.